The summed E-state index contributed by atoms with van der Waals surface area (Å²) in [5.41, 5.74) is 16.5. The Hall–Kier alpha value is -7.94. The summed E-state index contributed by atoms with van der Waals surface area (Å²) in [7, 11) is 0. The number of rotatable bonds is 7. The summed E-state index contributed by atoms with van der Waals surface area (Å²) < 4.78 is 2.52. The van der Waals surface area contributed by atoms with E-state index in [9.17, 15) is 0 Å². The maximum Gasteiger partial charge on any atom is 0.0713 e. The Kier molecular flexibility index (Phi) is 8.11. The molecule has 1 aromatic heterocycles. The molecule has 0 amide bonds. The molecule has 12 rings (SSSR count). The molecule has 11 aromatic rings. The molecule has 286 valence electrons. The molecule has 1 aliphatic carbocycles. The minimum Gasteiger partial charge on any atom is -0.310 e. The fraction of sp³-hybridized carbons (Fsp3) is 0.0169. The summed E-state index contributed by atoms with van der Waals surface area (Å²) in [6, 6.07) is 89.0. The van der Waals surface area contributed by atoms with Crippen LogP contribution in [-0.4, -0.2) is 4.57 Å². The lowest BCUT2D eigenvalue weighted by atomic mass is 9.68. The summed E-state index contributed by atoms with van der Waals surface area (Å²) in [6.45, 7) is 0. The smallest absolute Gasteiger partial charge is 0.0713 e. The molecule has 0 saturated carbocycles. The van der Waals surface area contributed by atoms with Crippen LogP contribution < -0.4 is 4.90 Å². The molecule has 0 atom stereocenters. The first-order chi connectivity index (χ1) is 30.3. The summed E-state index contributed by atoms with van der Waals surface area (Å²) in [6.07, 6.45) is 0. The van der Waals surface area contributed by atoms with Crippen LogP contribution in [0.2, 0.25) is 0 Å². The van der Waals surface area contributed by atoms with Crippen molar-refractivity contribution in [3.05, 3.63) is 265 Å². The van der Waals surface area contributed by atoms with Crippen LogP contribution in [0.1, 0.15) is 22.3 Å². The van der Waals surface area contributed by atoms with Gasteiger partial charge in [-0.3, -0.25) is 0 Å². The van der Waals surface area contributed by atoms with Gasteiger partial charge in [-0.2, -0.15) is 0 Å². The predicted molar refractivity (Wildman–Crippen MR) is 256 cm³/mol. The third-order valence-corrected chi connectivity index (χ3v) is 12.8. The van der Waals surface area contributed by atoms with Crippen molar-refractivity contribution < 1.29 is 0 Å². The first-order valence-corrected chi connectivity index (χ1v) is 21.1. The SMILES string of the molecule is c1ccc(N(c2ccccc2)c2cccc(-c3ccc4c5ccc6ccccc6c5n(-c5ccc6c(c5)-c5ccccc5C6(c5ccccc5)c5ccccc5)c4c3)c2)cc1. The Morgan fingerprint density at radius 3 is 1.64 bits per heavy atom. The number of anilines is 3. The van der Waals surface area contributed by atoms with Crippen LogP contribution in [-0.2, 0) is 5.41 Å². The van der Waals surface area contributed by atoms with Gasteiger partial charge in [-0.25, -0.2) is 0 Å². The maximum atomic E-state index is 2.52. The van der Waals surface area contributed by atoms with E-state index in [2.05, 4.69) is 252 Å². The number of aromatic nitrogens is 1. The minimum atomic E-state index is -0.452. The van der Waals surface area contributed by atoms with E-state index >= 15 is 0 Å². The molecule has 2 nitrogen and oxygen atoms in total. The van der Waals surface area contributed by atoms with Crippen LogP contribution in [0.25, 0.3) is 60.5 Å². The molecular weight excluding hydrogens is 737 g/mol. The van der Waals surface area contributed by atoms with E-state index in [1.165, 1.54) is 71.5 Å². The van der Waals surface area contributed by atoms with E-state index in [1.54, 1.807) is 0 Å². The van der Waals surface area contributed by atoms with Gasteiger partial charge in [-0.1, -0.05) is 188 Å². The highest BCUT2D eigenvalue weighted by molar-refractivity contribution is 6.19. The highest BCUT2D eigenvalue weighted by atomic mass is 15.1. The Labute approximate surface area is 355 Å². The zero-order valence-corrected chi connectivity index (χ0v) is 33.5. The van der Waals surface area contributed by atoms with Gasteiger partial charge < -0.3 is 9.47 Å². The lowest BCUT2D eigenvalue weighted by Gasteiger charge is -2.33. The second-order valence-electron chi connectivity index (χ2n) is 16.1. The topological polar surface area (TPSA) is 8.17 Å². The van der Waals surface area contributed by atoms with Gasteiger partial charge in [0, 0.05) is 38.9 Å². The first-order valence-electron chi connectivity index (χ1n) is 21.1. The van der Waals surface area contributed by atoms with Crippen molar-refractivity contribution in [3.8, 4) is 27.9 Å². The molecule has 0 N–H and O–H groups in total. The van der Waals surface area contributed by atoms with Crippen molar-refractivity contribution in [3.63, 3.8) is 0 Å². The van der Waals surface area contributed by atoms with Crippen molar-refractivity contribution in [2.75, 3.05) is 4.90 Å². The van der Waals surface area contributed by atoms with Crippen molar-refractivity contribution in [2.45, 2.75) is 5.41 Å². The molecule has 1 aliphatic rings. The zero-order chi connectivity index (χ0) is 40.3. The van der Waals surface area contributed by atoms with Crippen molar-refractivity contribution in [1.29, 1.82) is 0 Å². The highest BCUT2D eigenvalue weighted by Crippen LogP contribution is 2.56. The lowest BCUT2D eigenvalue weighted by molar-refractivity contribution is 0.768. The van der Waals surface area contributed by atoms with Crippen LogP contribution >= 0.6 is 0 Å². The van der Waals surface area contributed by atoms with Gasteiger partial charge in [0.1, 0.15) is 0 Å². The quantitative estimate of drug-likeness (QED) is 0.156. The summed E-state index contributed by atoms with van der Waals surface area (Å²) in [5, 5.41) is 4.95. The van der Waals surface area contributed by atoms with Crippen LogP contribution in [0, 0.1) is 0 Å². The van der Waals surface area contributed by atoms with E-state index in [4.69, 9.17) is 0 Å². The van der Waals surface area contributed by atoms with Gasteiger partial charge in [-0.05, 0) is 104 Å². The average Bonchev–Trinajstić information content (AvgIpc) is 3.83. The maximum absolute atomic E-state index is 2.52. The van der Waals surface area contributed by atoms with Crippen molar-refractivity contribution >= 4 is 49.6 Å². The third-order valence-electron chi connectivity index (χ3n) is 12.8. The fourth-order valence-electron chi connectivity index (χ4n) is 10.2. The molecule has 0 radical (unpaired) electrons. The van der Waals surface area contributed by atoms with Gasteiger partial charge in [0.25, 0.3) is 0 Å². The monoisotopic (exact) mass is 776 g/mol. The number of para-hydroxylation sites is 2. The molecule has 10 aromatic carbocycles. The Morgan fingerprint density at radius 1 is 0.344 bits per heavy atom. The Bertz CT molecular complexity index is 3330. The van der Waals surface area contributed by atoms with Gasteiger partial charge in [0.2, 0.25) is 0 Å². The average molecular weight is 777 g/mol. The normalized spacial score (nSPS) is 12.7. The number of fused-ring (bicyclic) bond motifs is 8. The molecule has 2 heteroatoms. The summed E-state index contributed by atoms with van der Waals surface area (Å²) in [5.74, 6) is 0. The van der Waals surface area contributed by atoms with Crippen molar-refractivity contribution in [2.24, 2.45) is 0 Å². The molecule has 0 spiro atoms. The van der Waals surface area contributed by atoms with Gasteiger partial charge >= 0.3 is 0 Å². The Balaban J connectivity index is 1.09. The van der Waals surface area contributed by atoms with Crippen molar-refractivity contribution in [1.82, 2.24) is 4.57 Å². The number of hydrogen-bond donors (Lipinski definition) is 0. The molecule has 0 fully saturated rings. The van der Waals surface area contributed by atoms with E-state index < -0.39 is 5.41 Å². The van der Waals surface area contributed by atoms with E-state index in [-0.39, 0.29) is 0 Å². The van der Waals surface area contributed by atoms with Crippen LogP contribution in [0.4, 0.5) is 17.1 Å². The van der Waals surface area contributed by atoms with Gasteiger partial charge in [0.05, 0.1) is 16.4 Å². The molecule has 0 bridgehead atoms. The van der Waals surface area contributed by atoms with Gasteiger partial charge in [0.15, 0.2) is 0 Å². The lowest BCUT2D eigenvalue weighted by Crippen LogP contribution is -2.28. The second kappa shape index (κ2) is 14.1. The summed E-state index contributed by atoms with van der Waals surface area (Å²) >= 11 is 0. The molecule has 1 heterocycles. The fourth-order valence-corrected chi connectivity index (χ4v) is 10.2. The number of hydrogen-bond acceptors (Lipinski definition) is 1. The molecular formula is C59H40N2. The molecule has 0 unspecified atom stereocenters. The predicted octanol–water partition coefficient (Wildman–Crippen LogP) is 15.4. The second-order valence-corrected chi connectivity index (χ2v) is 16.1. The van der Waals surface area contributed by atoms with E-state index in [0.29, 0.717) is 0 Å². The van der Waals surface area contributed by atoms with E-state index in [1.807, 2.05) is 0 Å². The highest BCUT2D eigenvalue weighted by Gasteiger charge is 2.46. The van der Waals surface area contributed by atoms with Crippen LogP contribution in [0.5, 0.6) is 0 Å². The number of nitrogens with zero attached hydrogens (tertiary/aromatic N) is 2. The minimum absolute atomic E-state index is 0.452. The number of benzene rings is 10. The third kappa shape index (κ3) is 5.43. The van der Waals surface area contributed by atoms with E-state index in [0.717, 1.165) is 28.3 Å². The molecule has 0 aliphatic heterocycles. The van der Waals surface area contributed by atoms with Gasteiger partial charge in [-0.15, -0.1) is 0 Å². The Morgan fingerprint density at radius 2 is 0.918 bits per heavy atom. The van der Waals surface area contributed by atoms with Crippen LogP contribution in [0.15, 0.2) is 243 Å². The first kappa shape index (κ1) is 35.0. The standard InChI is InChI=1S/C59H40N2/c1-5-20-44(21-6-1)59(45-22-7-2-8-23-45)55-31-16-15-30-51(55)54-40-49(34-37-56(54)59)61-57-39-43(33-35-52(57)53-36-32-41-18-13-14-29-50(41)58(53)61)42-19-17-28-48(38-42)60(46-24-9-3-10-25-46)47-26-11-4-12-27-47/h1-40H. The largest absolute Gasteiger partial charge is 0.310 e. The zero-order valence-electron chi connectivity index (χ0n) is 33.5. The van der Waals surface area contributed by atoms with Crippen LogP contribution in [0.3, 0.4) is 0 Å². The summed E-state index contributed by atoms with van der Waals surface area (Å²) in [4.78, 5) is 2.33. The molecule has 61 heavy (non-hydrogen) atoms. The molecule has 0 saturated heterocycles.